The molecule has 21 heavy (non-hydrogen) atoms. The summed E-state index contributed by atoms with van der Waals surface area (Å²) in [6.45, 7) is 5.86. The van der Waals surface area contributed by atoms with Crippen LogP contribution in [-0.4, -0.2) is 18.8 Å². The van der Waals surface area contributed by atoms with Gasteiger partial charge in [0.15, 0.2) is 0 Å². The first-order chi connectivity index (χ1) is 10.2. The summed E-state index contributed by atoms with van der Waals surface area (Å²) in [5.74, 6) is 1.04. The predicted octanol–water partition coefficient (Wildman–Crippen LogP) is 5.15. The van der Waals surface area contributed by atoms with Gasteiger partial charge in [-0.3, -0.25) is 0 Å². The molecule has 118 valence electrons. The maximum absolute atomic E-state index is 5.95. The molecule has 0 spiro atoms. The molecule has 0 aliphatic carbocycles. The molecule has 2 rings (SSSR count). The number of para-hydroxylation sites is 1. The molecule has 1 aliphatic rings. The quantitative estimate of drug-likeness (QED) is 0.415. The number of hydrogen-bond donors (Lipinski definition) is 0. The van der Waals surface area contributed by atoms with Crippen molar-refractivity contribution >= 4 is 0 Å². The molecule has 2 heteroatoms. The summed E-state index contributed by atoms with van der Waals surface area (Å²) in [5.41, 5.74) is 1.31. The Labute approximate surface area is 129 Å². The topological polar surface area (TPSA) is 21.8 Å². The molecule has 1 saturated heterocycles. The molecule has 1 aromatic carbocycles. The standard InChI is InChI=1S/C19H30O2/c1-3-4-5-6-7-8-9-12-17-13-10-11-14-18(17)20-15-19(2)16-21-19/h10-11,13-14H,3-9,12,15-16H2,1-2H3. The molecular weight excluding hydrogens is 260 g/mol. The van der Waals surface area contributed by atoms with Crippen molar-refractivity contribution in [2.24, 2.45) is 0 Å². The molecule has 0 saturated carbocycles. The van der Waals surface area contributed by atoms with Crippen molar-refractivity contribution in [2.75, 3.05) is 13.2 Å². The highest BCUT2D eigenvalue weighted by molar-refractivity contribution is 5.33. The molecule has 1 fully saturated rings. The van der Waals surface area contributed by atoms with E-state index in [2.05, 4.69) is 38.1 Å². The fourth-order valence-corrected chi connectivity index (χ4v) is 2.56. The van der Waals surface area contributed by atoms with E-state index in [0.29, 0.717) is 6.61 Å². The second-order valence-corrected chi connectivity index (χ2v) is 6.51. The lowest BCUT2D eigenvalue weighted by molar-refractivity contribution is 0.201. The van der Waals surface area contributed by atoms with Gasteiger partial charge in [-0.05, 0) is 31.4 Å². The zero-order chi connectivity index (χ0) is 15.0. The van der Waals surface area contributed by atoms with Crippen LogP contribution in [0.3, 0.4) is 0 Å². The molecule has 1 aromatic rings. The number of hydrogen-bond acceptors (Lipinski definition) is 2. The van der Waals surface area contributed by atoms with Crippen LogP contribution in [0.1, 0.15) is 64.4 Å². The zero-order valence-electron chi connectivity index (χ0n) is 13.7. The summed E-state index contributed by atoms with van der Waals surface area (Å²) < 4.78 is 11.3. The van der Waals surface area contributed by atoms with Crippen molar-refractivity contribution in [3.8, 4) is 5.75 Å². The first-order valence-electron chi connectivity index (χ1n) is 8.58. The maximum Gasteiger partial charge on any atom is 0.123 e. The van der Waals surface area contributed by atoms with Crippen LogP contribution in [0.5, 0.6) is 5.75 Å². The van der Waals surface area contributed by atoms with Crippen LogP contribution in [-0.2, 0) is 11.2 Å². The first kappa shape index (κ1) is 16.4. The minimum absolute atomic E-state index is 0.0353. The predicted molar refractivity (Wildman–Crippen MR) is 88.0 cm³/mol. The summed E-state index contributed by atoms with van der Waals surface area (Å²) in [6.07, 6.45) is 10.6. The number of unbranched alkanes of at least 4 members (excludes halogenated alkanes) is 6. The molecule has 0 bridgehead atoms. The van der Waals surface area contributed by atoms with Gasteiger partial charge in [0, 0.05) is 0 Å². The number of epoxide rings is 1. The van der Waals surface area contributed by atoms with Gasteiger partial charge in [0.1, 0.15) is 18.0 Å². The second kappa shape index (κ2) is 8.43. The van der Waals surface area contributed by atoms with Gasteiger partial charge in [-0.25, -0.2) is 0 Å². The minimum Gasteiger partial charge on any atom is -0.490 e. The van der Waals surface area contributed by atoms with Crippen LogP contribution >= 0.6 is 0 Å². The number of aryl methyl sites for hydroxylation is 1. The highest BCUT2D eigenvalue weighted by Crippen LogP contribution is 2.28. The van der Waals surface area contributed by atoms with Crippen molar-refractivity contribution in [3.05, 3.63) is 29.8 Å². The Bertz CT molecular complexity index is 410. The van der Waals surface area contributed by atoms with E-state index in [1.165, 1.54) is 50.5 Å². The highest BCUT2D eigenvalue weighted by Gasteiger charge is 2.40. The van der Waals surface area contributed by atoms with Crippen molar-refractivity contribution in [1.82, 2.24) is 0 Å². The number of benzene rings is 1. The van der Waals surface area contributed by atoms with Gasteiger partial charge in [0.2, 0.25) is 0 Å². The number of rotatable bonds is 11. The van der Waals surface area contributed by atoms with Crippen molar-refractivity contribution < 1.29 is 9.47 Å². The average Bonchev–Trinajstić information content (AvgIpc) is 3.23. The van der Waals surface area contributed by atoms with E-state index in [1.54, 1.807) is 0 Å². The Morgan fingerprint density at radius 3 is 2.43 bits per heavy atom. The lowest BCUT2D eigenvalue weighted by Crippen LogP contribution is -2.17. The van der Waals surface area contributed by atoms with Gasteiger partial charge >= 0.3 is 0 Å². The Morgan fingerprint density at radius 2 is 1.71 bits per heavy atom. The van der Waals surface area contributed by atoms with E-state index in [9.17, 15) is 0 Å². The molecule has 2 nitrogen and oxygen atoms in total. The summed E-state index contributed by atoms with van der Waals surface area (Å²) in [7, 11) is 0. The zero-order valence-corrected chi connectivity index (χ0v) is 13.7. The summed E-state index contributed by atoms with van der Waals surface area (Å²) in [5, 5.41) is 0. The van der Waals surface area contributed by atoms with Crippen LogP contribution in [0.2, 0.25) is 0 Å². The van der Waals surface area contributed by atoms with Gasteiger partial charge in [-0.2, -0.15) is 0 Å². The summed E-state index contributed by atoms with van der Waals surface area (Å²) >= 11 is 0. The van der Waals surface area contributed by atoms with Gasteiger partial charge in [-0.15, -0.1) is 0 Å². The SMILES string of the molecule is CCCCCCCCCc1ccccc1OCC1(C)CO1. The fraction of sp³-hybridized carbons (Fsp3) is 0.684. The van der Waals surface area contributed by atoms with Crippen LogP contribution in [0.25, 0.3) is 0 Å². The lowest BCUT2D eigenvalue weighted by Gasteiger charge is -2.13. The van der Waals surface area contributed by atoms with Gasteiger partial charge in [0.25, 0.3) is 0 Å². The molecule has 1 heterocycles. The molecule has 0 radical (unpaired) electrons. The third kappa shape index (κ3) is 6.09. The third-order valence-corrected chi connectivity index (χ3v) is 4.19. The smallest absolute Gasteiger partial charge is 0.123 e. The van der Waals surface area contributed by atoms with Crippen molar-refractivity contribution in [3.63, 3.8) is 0 Å². The summed E-state index contributed by atoms with van der Waals surface area (Å²) in [6, 6.07) is 8.45. The first-order valence-corrected chi connectivity index (χ1v) is 8.58. The molecule has 1 unspecified atom stereocenters. The largest absolute Gasteiger partial charge is 0.490 e. The van der Waals surface area contributed by atoms with Crippen LogP contribution < -0.4 is 4.74 Å². The van der Waals surface area contributed by atoms with Crippen molar-refractivity contribution in [1.29, 1.82) is 0 Å². The normalized spacial score (nSPS) is 20.5. The number of ether oxygens (including phenoxy) is 2. The molecule has 1 aliphatic heterocycles. The van der Waals surface area contributed by atoms with Gasteiger partial charge in [-0.1, -0.05) is 63.6 Å². The second-order valence-electron chi connectivity index (χ2n) is 6.51. The molecular formula is C19H30O2. The van der Waals surface area contributed by atoms with E-state index >= 15 is 0 Å². The highest BCUT2D eigenvalue weighted by atomic mass is 16.6. The Balaban J connectivity index is 1.67. The van der Waals surface area contributed by atoms with Crippen molar-refractivity contribution in [2.45, 2.75) is 70.8 Å². The van der Waals surface area contributed by atoms with E-state index < -0.39 is 0 Å². The maximum atomic E-state index is 5.95. The van der Waals surface area contributed by atoms with Crippen LogP contribution in [0.15, 0.2) is 24.3 Å². The third-order valence-electron chi connectivity index (χ3n) is 4.19. The summed E-state index contributed by atoms with van der Waals surface area (Å²) in [4.78, 5) is 0. The van der Waals surface area contributed by atoms with E-state index in [0.717, 1.165) is 18.8 Å². The Morgan fingerprint density at radius 1 is 1.05 bits per heavy atom. The van der Waals surface area contributed by atoms with Gasteiger partial charge < -0.3 is 9.47 Å². The van der Waals surface area contributed by atoms with Gasteiger partial charge in [0.05, 0.1) is 6.61 Å². The van der Waals surface area contributed by atoms with E-state index in [1.807, 2.05) is 0 Å². The van der Waals surface area contributed by atoms with E-state index in [-0.39, 0.29) is 5.60 Å². The Hall–Kier alpha value is -1.02. The average molecular weight is 290 g/mol. The van der Waals surface area contributed by atoms with Crippen LogP contribution in [0.4, 0.5) is 0 Å². The monoisotopic (exact) mass is 290 g/mol. The molecule has 0 N–H and O–H groups in total. The fourth-order valence-electron chi connectivity index (χ4n) is 2.56. The van der Waals surface area contributed by atoms with Crippen LogP contribution in [0, 0.1) is 0 Å². The molecule has 0 aromatic heterocycles. The molecule has 1 atom stereocenters. The molecule has 0 amide bonds. The Kier molecular flexibility index (Phi) is 6.56. The van der Waals surface area contributed by atoms with E-state index in [4.69, 9.17) is 9.47 Å². The lowest BCUT2D eigenvalue weighted by atomic mass is 10.0. The minimum atomic E-state index is -0.0353.